The van der Waals surface area contributed by atoms with Crippen LogP contribution in [0.1, 0.15) is 23.2 Å². The molecule has 154 valence electrons. The van der Waals surface area contributed by atoms with Crippen LogP contribution in [-0.2, 0) is 19.2 Å². The Kier molecular flexibility index (Phi) is 6.22. The van der Waals surface area contributed by atoms with E-state index in [2.05, 4.69) is 0 Å². The Morgan fingerprint density at radius 3 is 2.21 bits per heavy atom. The number of rotatable bonds is 7. The zero-order valence-electron chi connectivity index (χ0n) is 15.2. The Morgan fingerprint density at radius 2 is 1.62 bits per heavy atom. The molecule has 8 heteroatoms. The van der Waals surface area contributed by atoms with Crippen LogP contribution in [0.25, 0.3) is 5.69 Å². The van der Waals surface area contributed by atoms with Gasteiger partial charge in [0, 0.05) is 18.5 Å². The summed E-state index contributed by atoms with van der Waals surface area (Å²) < 4.78 is 75.1. The van der Waals surface area contributed by atoms with Gasteiger partial charge < -0.3 is 14.4 Å². The molecule has 29 heavy (non-hydrogen) atoms. The lowest BCUT2D eigenvalue weighted by Gasteiger charge is -2.15. The molecule has 0 aliphatic rings. The summed E-state index contributed by atoms with van der Waals surface area (Å²) in [4.78, 5) is 0. The van der Waals surface area contributed by atoms with Crippen molar-refractivity contribution in [2.75, 3.05) is 6.61 Å². The normalized spacial score (nSPS) is 11.7. The largest absolute Gasteiger partial charge is 0.481 e. The first kappa shape index (κ1) is 20.9. The van der Waals surface area contributed by atoms with Crippen molar-refractivity contribution in [2.45, 2.75) is 25.6 Å². The molecule has 0 radical (unpaired) electrons. The number of aryl methyl sites for hydroxylation is 1. The van der Waals surface area contributed by atoms with Crippen LogP contribution in [0, 0.1) is 11.6 Å². The highest BCUT2D eigenvalue weighted by Crippen LogP contribution is 2.35. The van der Waals surface area contributed by atoms with Crippen LogP contribution in [0.5, 0.6) is 5.75 Å². The quantitative estimate of drug-likeness (QED) is 0.537. The van der Waals surface area contributed by atoms with Gasteiger partial charge in [0.25, 0.3) is 0 Å². The van der Waals surface area contributed by atoms with Gasteiger partial charge in [-0.05, 0) is 48.7 Å². The van der Waals surface area contributed by atoms with Crippen molar-refractivity contribution >= 4 is 0 Å². The predicted molar refractivity (Wildman–Crippen MR) is 96.9 cm³/mol. The third-order valence-electron chi connectivity index (χ3n) is 4.37. The molecular formula is C21H18F5NO2. The standard InChI is InChI=1S/C21H18F5NO2/c22-17-11-14(5-4-10-28)12-18(23)20(17)29-13-19-16(21(24,25)26)8-9-27(19)15-6-2-1-3-7-15/h1-3,6-9,11-12,28H,4-5,10,13H2. The number of halogens is 5. The minimum absolute atomic E-state index is 0.127. The molecule has 3 rings (SSSR count). The van der Waals surface area contributed by atoms with E-state index in [4.69, 9.17) is 9.84 Å². The maximum Gasteiger partial charge on any atom is 0.418 e. The fourth-order valence-corrected chi connectivity index (χ4v) is 3.02. The van der Waals surface area contributed by atoms with E-state index in [1.54, 1.807) is 30.3 Å². The fraction of sp³-hybridized carbons (Fsp3) is 0.238. The highest BCUT2D eigenvalue weighted by atomic mass is 19.4. The van der Waals surface area contributed by atoms with E-state index in [1.807, 2.05) is 0 Å². The second kappa shape index (κ2) is 8.65. The van der Waals surface area contributed by atoms with Gasteiger partial charge in [0.05, 0.1) is 11.3 Å². The SMILES string of the molecule is OCCCc1cc(F)c(OCc2c(C(F)(F)F)ccn2-c2ccccc2)c(F)c1. The Hall–Kier alpha value is -2.87. The summed E-state index contributed by atoms with van der Waals surface area (Å²) >= 11 is 0. The molecule has 3 aromatic rings. The van der Waals surface area contributed by atoms with Crippen LogP contribution >= 0.6 is 0 Å². The predicted octanol–water partition coefficient (Wildman–Crippen LogP) is 5.28. The van der Waals surface area contributed by atoms with Gasteiger partial charge in [0.15, 0.2) is 17.4 Å². The number of benzene rings is 2. The number of alkyl halides is 3. The van der Waals surface area contributed by atoms with E-state index in [9.17, 15) is 22.0 Å². The van der Waals surface area contributed by atoms with Gasteiger partial charge in [0.1, 0.15) is 6.61 Å². The number of ether oxygens (including phenoxy) is 1. The molecule has 0 atom stereocenters. The fourth-order valence-electron chi connectivity index (χ4n) is 3.02. The van der Waals surface area contributed by atoms with Gasteiger partial charge in [-0.3, -0.25) is 0 Å². The van der Waals surface area contributed by atoms with Crippen molar-refractivity contribution in [1.29, 1.82) is 0 Å². The van der Waals surface area contributed by atoms with Crippen molar-refractivity contribution in [3.63, 3.8) is 0 Å². The van der Waals surface area contributed by atoms with Crippen LogP contribution in [0.3, 0.4) is 0 Å². The van der Waals surface area contributed by atoms with Gasteiger partial charge in [-0.2, -0.15) is 13.2 Å². The van der Waals surface area contributed by atoms with E-state index >= 15 is 0 Å². The second-order valence-corrected chi connectivity index (χ2v) is 6.38. The highest BCUT2D eigenvalue weighted by molar-refractivity contribution is 5.39. The van der Waals surface area contributed by atoms with Crippen LogP contribution in [0.15, 0.2) is 54.7 Å². The van der Waals surface area contributed by atoms with Crippen LogP contribution in [0.2, 0.25) is 0 Å². The summed E-state index contributed by atoms with van der Waals surface area (Å²) in [6, 6.07) is 11.3. The number of aliphatic hydroxyl groups excluding tert-OH is 1. The van der Waals surface area contributed by atoms with Crippen LogP contribution in [-0.4, -0.2) is 16.3 Å². The molecular weight excluding hydrogens is 393 g/mol. The van der Waals surface area contributed by atoms with Gasteiger partial charge in [-0.1, -0.05) is 18.2 Å². The zero-order valence-corrected chi connectivity index (χ0v) is 15.2. The smallest absolute Gasteiger partial charge is 0.418 e. The van der Waals surface area contributed by atoms with Gasteiger partial charge in [-0.25, -0.2) is 8.78 Å². The maximum absolute atomic E-state index is 14.3. The van der Waals surface area contributed by atoms with E-state index < -0.39 is 35.7 Å². The average molecular weight is 411 g/mol. The van der Waals surface area contributed by atoms with E-state index in [0.717, 1.165) is 18.2 Å². The summed E-state index contributed by atoms with van der Waals surface area (Å²) in [6.45, 7) is -0.807. The number of aliphatic hydroxyl groups is 1. The number of hydrogen-bond donors (Lipinski definition) is 1. The molecule has 0 unspecified atom stereocenters. The van der Waals surface area contributed by atoms with Crippen molar-refractivity contribution in [3.8, 4) is 11.4 Å². The third kappa shape index (κ3) is 4.76. The van der Waals surface area contributed by atoms with Gasteiger partial charge in [-0.15, -0.1) is 0 Å². The highest BCUT2D eigenvalue weighted by Gasteiger charge is 2.35. The monoisotopic (exact) mass is 411 g/mol. The molecule has 0 bridgehead atoms. The van der Waals surface area contributed by atoms with E-state index in [1.165, 1.54) is 10.8 Å². The Labute approximate surface area is 164 Å². The van der Waals surface area contributed by atoms with E-state index in [-0.39, 0.29) is 18.7 Å². The molecule has 0 amide bonds. The van der Waals surface area contributed by atoms with Crippen LogP contribution < -0.4 is 4.74 Å². The molecule has 1 heterocycles. The molecule has 1 N–H and O–H groups in total. The summed E-state index contributed by atoms with van der Waals surface area (Å²) in [7, 11) is 0. The Morgan fingerprint density at radius 1 is 0.966 bits per heavy atom. The Bertz CT molecular complexity index is 944. The first-order valence-corrected chi connectivity index (χ1v) is 8.85. The molecule has 0 spiro atoms. The third-order valence-corrected chi connectivity index (χ3v) is 4.37. The molecule has 0 saturated heterocycles. The number of hydrogen-bond acceptors (Lipinski definition) is 2. The number of nitrogens with zero attached hydrogens (tertiary/aromatic N) is 1. The minimum atomic E-state index is -4.65. The summed E-state index contributed by atoms with van der Waals surface area (Å²) in [5.41, 5.74) is -0.430. The molecule has 0 aliphatic heterocycles. The summed E-state index contributed by atoms with van der Waals surface area (Å²) in [5, 5.41) is 8.82. The Balaban J connectivity index is 1.92. The maximum atomic E-state index is 14.3. The topological polar surface area (TPSA) is 34.4 Å². The molecule has 0 fully saturated rings. The minimum Gasteiger partial charge on any atom is -0.481 e. The lowest BCUT2D eigenvalue weighted by atomic mass is 10.1. The van der Waals surface area contributed by atoms with Crippen molar-refractivity contribution in [1.82, 2.24) is 4.57 Å². The van der Waals surface area contributed by atoms with Crippen LogP contribution in [0.4, 0.5) is 22.0 Å². The van der Waals surface area contributed by atoms with Crippen molar-refractivity contribution in [3.05, 3.63) is 83.2 Å². The second-order valence-electron chi connectivity index (χ2n) is 6.38. The molecule has 3 nitrogen and oxygen atoms in total. The van der Waals surface area contributed by atoms with Crippen molar-refractivity contribution in [2.24, 2.45) is 0 Å². The molecule has 1 aromatic heterocycles. The first-order chi connectivity index (χ1) is 13.8. The van der Waals surface area contributed by atoms with E-state index in [0.29, 0.717) is 17.7 Å². The molecule has 2 aromatic carbocycles. The number of para-hydroxylation sites is 1. The number of aromatic nitrogens is 1. The lowest BCUT2D eigenvalue weighted by molar-refractivity contribution is -0.138. The first-order valence-electron chi connectivity index (χ1n) is 8.85. The lowest BCUT2D eigenvalue weighted by Crippen LogP contribution is -2.13. The average Bonchev–Trinajstić information content (AvgIpc) is 3.11. The molecule has 0 saturated carbocycles. The molecule has 0 aliphatic carbocycles. The van der Waals surface area contributed by atoms with Gasteiger partial charge >= 0.3 is 6.18 Å². The van der Waals surface area contributed by atoms with Gasteiger partial charge in [0.2, 0.25) is 0 Å². The van der Waals surface area contributed by atoms with Crippen molar-refractivity contribution < 1.29 is 31.8 Å². The summed E-state index contributed by atoms with van der Waals surface area (Å²) in [6.07, 6.45) is -2.82. The summed E-state index contributed by atoms with van der Waals surface area (Å²) in [5.74, 6) is -2.76. The zero-order chi connectivity index (χ0) is 21.0.